The van der Waals surface area contributed by atoms with E-state index in [0.29, 0.717) is 17.3 Å². The lowest BCUT2D eigenvalue weighted by Gasteiger charge is -2.03. The molecule has 0 aliphatic heterocycles. The van der Waals surface area contributed by atoms with Gasteiger partial charge in [0.1, 0.15) is 0 Å². The van der Waals surface area contributed by atoms with Crippen molar-refractivity contribution in [2.24, 2.45) is 0 Å². The van der Waals surface area contributed by atoms with Crippen LogP contribution in [0.2, 0.25) is 0 Å². The lowest BCUT2D eigenvalue weighted by atomic mass is 10.1. The summed E-state index contributed by atoms with van der Waals surface area (Å²) in [5.41, 5.74) is 1.74. The number of benzene rings is 1. The fraction of sp³-hybridized carbons (Fsp3) is 0.250. The van der Waals surface area contributed by atoms with Crippen molar-refractivity contribution in [3.8, 4) is 0 Å². The smallest absolute Gasteiger partial charge is 0.251 e. The monoisotopic (exact) mass is 309 g/mol. The summed E-state index contributed by atoms with van der Waals surface area (Å²) in [5.74, 6) is 0.803. The molecule has 0 fully saturated rings. The minimum Gasteiger partial charge on any atom is -0.345 e. The topological polar surface area (TPSA) is 68.0 Å². The van der Waals surface area contributed by atoms with Gasteiger partial charge in [-0.3, -0.25) is 4.79 Å². The van der Waals surface area contributed by atoms with E-state index in [4.69, 9.17) is 4.52 Å². The molecule has 0 aliphatic rings. The molecule has 0 saturated heterocycles. The van der Waals surface area contributed by atoms with Gasteiger partial charge in [-0.2, -0.15) is 4.98 Å². The van der Waals surface area contributed by atoms with Crippen LogP contribution < -0.4 is 5.32 Å². The third-order valence-electron chi connectivity index (χ3n) is 2.35. The van der Waals surface area contributed by atoms with Crippen molar-refractivity contribution in [3.05, 3.63) is 47.1 Å². The fourth-order valence-corrected chi connectivity index (χ4v) is 1.79. The molecule has 0 unspecified atom stereocenters. The summed E-state index contributed by atoms with van der Waals surface area (Å²) in [6.07, 6.45) is 0. The second kappa shape index (κ2) is 5.77. The molecule has 94 valence electrons. The molecule has 0 aliphatic carbocycles. The molecule has 5 nitrogen and oxygen atoms in total. The van der Waals surface area contributed by atoms with E-state index in [2.05, 4.69) is 31.4 Å². The Bertz CT molecular complexity index is 537. The molecule has 2 rings (SSSR count). The summed E-state index contributed by atoms with van der Waals surface area (Å²) >= 11 is 3.36. The molecular formula is C12H12BrN3O2. The Morgan fingerprint density at radius 3 is 2.67 bits per heavy atom. The van der Waals surface area contributed by atoms with Crippen LogP contribution in [0.15, 0.2) is 28.8 Å². The molecule has 2 aromatic rings. The van der Waals surface area contributed by atoms with Gasteiger partial charge >= 0.3 is 0 Å². The number of hydrogen-bond acceptors (Lipinski definition) is 4. The summed E-state index contributed by atoms with van der Waals surface area (Å²) in [6.45, 7) is 1.97. The van der Waals surface area contributed by atoms with E-state index < -0.39 is 0 Å². The summed E-state index contributed by atoms with van der Waals surface area (Å²) in [5, 5.41) is 7.21. The predicted molar refractivity (Wildman–Crippen MR) is 69.3 cm³/mol. The van der Waals surface area contributed by atoms with Gasteiger partial charge in [-0.05, 0) is 17.7 Å². The molecule has 1 aromatic heterocycles. The number of rotatable bonds is 4. The van der Waals surface area contributed by atoms with E-state index in [1.807, 2.05) is 12.1 Å². The predicted octanol–water partition coefficient (Wildman–Crippen LogP) is 2.20. The minimum absolute atomic E-state index is 0.154. The number of carbonyl (C=O) groups excluding carboxylic acids is 1. The van der Waals surface area contributed by atoms with Crippen molar-refractivity contribution in [3.63, 3.8) is 0 Å². The molecule has 1 aromatic carbocycles. The van der Waals surface area contributed by atoms with Gasteiger partial charge in [0.2, 0.25) is 5.89 Å². The molecule has 1 N–H and O–H groups in total. The van der Waals surface area contributed by atoms with E-state index in [0.717, 1.165) is 10.9 Å². The Balaban J connectivity index is 1.94. The van der Waals surface area contributed by atoms with Crippen molar-refractivity contribution in [1.29, 1.82) is 0 Å². The number of alkyl halides is 1. The first-order valence-corrected chi connectivity index (χ1v) is 6.53. The summed E-state index contributed by atoms with van der Waals surface area (Å²) in [4.78, 5) is 15.8. The highest BCUT2D eigenvalue weighted by atomic mass is 79.9. The maximum atomic E-state index is 11.8. The number of amides is 1. The molecule has 0 bridgehead atoms. The fourth-order valence-electron chi connectivity index (χ4n) is 1.42. The summed E-state index contributed by atoms with van der Waals surface area (Å²) in [6, 6.07) is 7.38. The lowest BCUT2D eigenvalue weighted by molar-refractivity contribution is 0.0949. The number of aryl methyl sites for hydroxylation is 1. The van der Waals surface area contributed by atoms with Crippen molar-refractivity contribution >= 4 is 21.8 Å². The number of aromatic nitrogens is 2. The van der Waals surface area contributed by atoms with Gasteiger partial charge < -0.3 is 9.84 Å². The van der Waals surface area contributed by atoms with Crippen LogP contribution in [-0.2, 0) is 11.9 Å². The Labute approximate surface area is 113 Å². The van der Waals surface area contributed by atoms with E-state index in [-0.39, 0.29) is 12.5 Å². The maximum Gasteiger partial charge on any atom is 0.251 e. The van der Waals surface area contributed by atoms with Crippen LogP contribution in [0.3, 0.4) is 0 Å². The number of carbonyl (C=O) groups is 1. The van der Waals surface area contributed by atoms with Crippen molar-refractivity contribution < 1.29 is 9.32 Å². The van der Waals surface area contributed by atoms with Crippen LogP contribution in [0.5, 0.6) is 0 Å². The van der Waals surface area contributed by atoms with Crippen LogP contribution in [-0.4, -0.2) is 16.0 Å². The highest BCUT2D eigenvalue weighted by Crippen LogP contribution is 2.08. The minimum atomic E-state index is -0.154. The van der Waals surface area contributed by atoms with Crippen molar-refractivity contribution in [1.82, 2.24) is 15.5 Å². The quantitative estimate of drug-likeness (QED) is 0.879. The number of nitrogens with zero attached hydrogens (tertiary/aromatic N) is 2. The SMILES string of the molecule is Cc1nc(CNC(=O)c2ccc(CBr)cc2)no1. The van der Waals surface area contributed by atoms with Crippen LogP contribution >= 0.6 is 15.9 Å². The van der Waals surface area contributed by atoms with E-state index in [1.54, 1.807) is 19.1 Å². The first-order valence-electron chi connectivity index (χ1n) is 5.41. The molecule has 1 amide bonds. The molecule has 0 atom stereocenters. The zero-order chi connectivity index (χ0) is 13.0. The van der Waals surface area contributed by atoms with Gasteiger partial charge in [0.25, 0.3) is 5.91 Å². The maximum absolute atomic E-state index is 11.8. The van der Waals surface area contributed by atoms with E-state index in [1.165, 1.54) is 0 Å². The van der Waals surface area contributed by atoms with E-state index >= 15 is 0 Å². The van der Waals surface area contributed by atoms with Gasteiger partial charge in [-0.15, -0.1) is 0 Å². The van der Waals surface area contributed by atoms with E-state index in [9.17, 15) is 4.79 Å². The van der Waals surface area contributed by atoms with Gasteiger partial charge in [0.15, 0.2) is 5.82 Å². The summed E-state index contributed by atoms with van der Waals surface area (Å²) in [7, 11) is 0. The lowest BCUT2D eigenvalue weighted by Crippen LogP contribution is -2.23. The van der Waals surface area contributed by atoms with Gasteiger partial charge in [-0.25, -0.2) is 0 Å². The molecular weight excluding hydrogens is 298 g/mol. The van der Waals surface area contributed by atoms with Crippen molar-refractivity contribution in [2.75, 3.05) is 0 Å². The molecule has 1 heterocycles. The number of hydrogen-bond donors (Lipinski definition) is 1. The molecule has 6 heteroatoms. The summed E-state index contributed by atoms with van der Waals surface area (Å²) < 4.78 is 4.82. The number of halogens is 1. The largest absolute Gasteiger partial charge is 0.345 e. The molecule has 0 saturated carbocycles. The highest BCUT2D eigenvalue weighted by molar-refractivity contribution is 9.08. The Hall–Kier alpha value is -1.69. The standard InChI is InChI=1S/C12H12BrN3O2/c1-8-15-11(16-18-8)7-14-12(17)10-4-2-9(6-13)3-5-10/h2-5H,6-7H2,1H3,(H,14,17). The van der Waals surface area contributed by atoms with Gasteiger partial charge in [0.05, 0.1) is 6.54 Å². The Morgan fingerprint density at radius 1 is 1.39 bits per heavy atom. The normalized spacial score (nSPS) is 10.3. The third kappa shape index (κ3) is 3.16. The second-order valence-electron chi connectivity index (χ2n) is 3.74. The number of nitrogens with one attached hydrogen (secondary N) is 1. The Morgan fingerprint density at radius 2 is 2.11 bits per heavy atom. The first kappa shape index (κ1) is 12.8. The molecule has 0 radical (unpaired) electrons. The zero-order valence-electron chi connectivity index (χ0n) is 9.81. The Kier molecular flexibility index (Phi) is 4.09. The van der Waals surface area contributed by atoms with Crippen LogP contribution in [0.25, 0.3) is 0 Å². The second-order valence-corrected chi connectivity index (χ2v) is 4.30. The van der Waals surface area contributed by atoms with Crippen molar-refractivity contribution in [2.45, 2.75) is 18.8 Å². The van der Waals surface area contributed by atoms with Gasteiger partial charge in [-0.1, -0.05) is 33.2 Å². The molecule has 18 heavy (non-hydrogen) atoms. The highest BCUT2D eigenvalue weighted by Gasteiger charge is 2.07. The molecule has 0 spiro atoms. The van der Waals surface area contributed by atoms with Crippen LogP contribution in [0, 0.1) is 6.92 Å². The first-order chi connectivity index (χ1) is 8.69. The van der Waals surface area contributed by atoms with Crippen LogP contribution in [0.1, 0.15) is 27.6 Å². The zero-order valence-corrected chi connectivity index (χ0v) is 11.4. The van der Waals surface area contributed by atoms with Gasteiger partial charge in [0, 0.05) is 17.8 Å². The average Bonchev–Trinajstić information content (AvgIpc) is 2.82. The third-order valence-corrected chi connectivity index (χ3v) is 2.99. The van der Waals surface area contributed by atoms with Crippen LogP contribution in [0.4, 0.5) is 0 Å². The average molecular weight is 310 g/mol.